The summed E-state index contributed by atoms with van der Waals surface area (Å²) in [6.45, 7) is 4.72. The fraction of sp³-hybridized carbons (Fsp3) is 0.556. The number of esters is 2. The lowest BCUT2D eigenvalue weighted by molar-refractivity contribution is -0.145. The highest BCUT2D eigenvalue weighted by Crippen LogP contribution is 2.42. The Bertz CT molecular complexity index is 605. The molecule has 0 saturated heterocycles. The zero-order chi connectivity index (χ0) is 17.6. The van der Waals surface area contributed by atoms with Crippen molar-refractivity contribution in [3.63, 3.8) is 0 Å². The van der Waals surface area contributed by atoms with Gasteiger partial charge in [0.2, 0.25) is 0 Å². The van der Waals surface area contributed by atoms with Crippen molar-refractivity contribution >= 4 is 23.5 Å². The maximum absolute atomic E-state index is 12.1. The summed E-state index contributed by atoms with van der Waals surface area (Å²) < 4.78 is 10.1. The van der Waals surface area contributed by atoms with Gasteiger partial charge >= 0.3 is 11.9 Å². The van der Waals surface area contributed by atoms with Gasteiger partial charge in [0.15, 0.2) is 0 Å². The first-order valence-corrected chi connectivity index (χ1v) is 8.74. The number of benzene rings is 1. The molecule has 1 aliphatic rings. The third kappa shape index (κ3) is 4.28. The van der Waals surface area contributed by atoms with Crippen molar-refractivity contribution in [3.05, 3.63) is 34.3 Å². The molecule has 0 amide bonds. The number of nitrogens with one attached hydrogen (secondary N) is 1. The molecule has 0 unspecified atom stereocenters. The molecule has 0 aromatic heterocycles. The zero-order valence-corrected chi connectivity index (χ0v) is 14.9. The second-order valence-corrected chi connectivity index (χ2v) is 6.22. The molecule has 24 heavy (non-hydrogen) atoms. The molecule has 6 heteroatoms. The minimum absolute atomic E-state index is 0.219. The highest BCUT2D eigenvalue weighted by molar-refractivity contribution is 6.31. The molecule has 1 aromatic carbocycles. The van der Waals surface area contributed by atoms with E-state index in [0.29, 0.717) is 24.8 Å². The number of carbonyl (C=O) groups excluding carboxylic acids is 2. The van der Waals surface area contributed by atoms with Gasteiger partial charge in [-0.2, -0.15) is 0 Å². The lowest BCUT2D eigenvalue weighted by atomic mass is 9.88. The van der Waals surface area contributed by atoms with E-state index in [1.807, 2.05) is 18.2 Å². The summed E-state index contributed by atoms with van der Waals surface area (Å²) in [5.74, 6) is -0.505. The Morgan fingerprint density at radius 3 is 2.62 bits per heavy atom. The van der Waals surface area contributed by atoms with Crippen LogP contribution in [0.4, 0.5) is 0 Å². The van der Waals surface area contributed by atoms with Gasteiger partial charge in [-0.3, -0.25) is 9.59 Å². The summed E-state index contributed by atoms with van der Waals surface area (Å²) in [6.07, 6.45) is 2.01. The highest BCUT2D eigenvalue weighted by atomic mass is 35.5. The average Bonchev–Trinajstić information content (AvgIpc) is 2.88. The van der Waals surface area contributed by atoms with Crippen molar-refractivity contribution in [2.45, 2.75) is 45.1 Å². The third-order valence-electron chi connectivity index (χ3n) is 4.29. The van der Waals surface area contributed by atoms with E-state index in [9.17, 15) is 9.59 Å². The van der Waals surface area contributed by atoms with E-state index < -0.39 is 5.54 Å². The normalized spacial score (nSPS) is 19.0. The predicted molar refractivity (Wildman–Crippen MR) is 92.0 cm³/mol. The monoisotopic (exact) mass is 353 g/mol. The van der Waals surface area contributed by atoms with Crippen LogP contribution in [0.3, 0.4) is 0 Å². The summed E-state index contributed by atoms with van der Waals surface area (Å²) in [6, 6.07) is 5.74. The largest absolute Gasteiger partial charge is 0.466 e. The summed E-state index contributed by atoms with van der Waals surface area (Å²) in [5, 5.41) is 4.11. The maximum Gasteiger partial charge on any atom is 0.308 e. The molecule has 1 N–H and O–H groups in total. The smallest absolute Gasteiger partial charge is 0.308 e. The highest BCUT2D eigenvalue weighted by Gasteiger charge is 2.41. The summed E-state index contributed by atoms with van der Waals surface area (Å²) in [7, 11) is 0. The first-order chi connectivity index (χ1) is 11.5. The van der Waals surface area contributed by atoms with Crippen LogP contribution >= 0.6 is 11.6 Å². The molecule has 1 aromatic rings. The van der Waals surface area contributed by atoms with Crippen LogP contribution in [0.25, 0.3) is 0 Å². The van der Waals surface area contributed by atoms with Crippen molar-refractivity contribution in [2.75, 3.05) is 19.8 Å². The van der Waals surface area contributed by atoms with Gasteiger partial charge in [0, 0.05) is 11.6 Å². The molecule has 1 aliphatic carbocycles. The summed E-state index contributed by atoms with van der Waals surface area (Å²) >= 11 is 6.30. The quantitative estimate of drug-likeness (QED) is 0.728. The van der Waals surface area contributed by atoms with Crippen molar-refractivity contribution in [3.8, 4) is 0 Å². The van der Waals surface area contributed by atoms with Crippen LogP contribution in [0.15, 0.2) is 18.2 Å². The van der Waals surface area contributed by atoms with E-state index in [0.717, 1.165) is 24.0 Å². The van der Waals surface area contributed by atoms with E-state index in [4.69, 9.17) is 21.1 Å². The topological polar surface area (TPSA) is 64.6 Å². The fourth-order valence-electron chi connectivity index (χ4n) is 3.26. The SMILES string of the molecule is CCOC(=O)CCN[C@]1(CC(=O)OCC)CCc2c(Cl)cccc21. The molecule has 0 bridgehead atoms. The molecule has 0 spiro atoms. The minimum atomic E-state index is -0.543. The number of fused-ring (bicyclic) bond motifs is 1. The number of rotatable bonds is 8. The van der Waals surface area contributed by atoms with Crippen molar-refractivity contribution in [1.29, 1.82) is 0 Å². The number of hydrogen-bond donors (Lipinski definition) is 1. The summed E-state index contributed by atoms with van der Waals surface area (Å²) in [5.41, 5.74) is 1.54. The van der Waals surface area contributed by atoms with Gasteiger partial charge in [0.1, 0.15) is 0 Å². The zero-order valence-electron chi connectivity index (χ0n) is 14.2. The van der Waals surface area contributed by atoms with Crippen LogP contribution in [0, 0.1) is 0 Å². The van der Waals surface area contributed by atoms with Gasteiger partial charge in [-0.15, -0.1) is 0 Å². The Hall–Kier alpha value is -1.59. The number of halogens is 1. The molecule has 0 heterocycles. The van der Waals surface area contributed by atoms with Crippen LogP contribution < -0.4 is 5.32 Å². The molecule has 2 rings (SSSR count). The molecular formula is C18H24ClNO4. The lowest BCUT2D eigenvalue weighted by Crippen LogP contribution is -2.43. The Morgan fingerprint density at radius 2 is 1.92 bits per heavy atom. The number of ether oxygens (including phenoxy) is 2. The average molecular weight is 354 g/mol. The molecule has 0 fully saturated rings. The van der Waals surface area contributed by atoms with Gasteiger partial charge in [-0.1, -0.05) is 23.7 Å². The van der Waals surface area contributed by atoms with Crippen LogP contribution in [0.1, 0.15) is 44.2 Å². The van der Waals surface area contributed by atoms with E-state index in [-0.39, 0.29) is 24.8 Å². The van der Waals surface area contributed by atoms with Crippen LogP contribution in [0.2, 0.25) is 5.02 Å². The molecule has 132 valence electrons. The first kappa shape index (κ1) is 18.7. The lowest BCUT2D eigenvalue weighted by Gasteiger charge is -2.31. The van der Waals surface area contributed by atoms with E-state index in [1.165, 1.54) is 0 Å². The Morgan fingerprint density at radius 1 is 1.21 bits per heavy atom. The molecule has 0 aliphatic heterocycles. The van der Waals surface area contributed by atoms with E-state index in [1.54, 1.807) is 13.8 Å². The Labute approximate surface area is 147 Å². The van der Waals surface area contributed by atoms with Crippen LogP contribution in [0.5, 0.6) is 0 Å². The third-order valence-corrected chi connectivity index (χ3v) is 4.64. The van der Waals surface area contributed by atoms with Crippen molar-refractivity contribution in [1.82, 2.24) is 5.32 Å². The van der Waals surface area contributed by atoms with Crippen molar-refractivity contribution in [2.24, 2.45) is 0 Å². The Kier molecular flexibility index (Phi) is 6.63. The molecule has 5 nitrogen and oxygen atoms in total. The second-order valence-electron chi connectivity index (χ2n) is 5.81. The second kappa shape index (κ2) is 8.49. The predicted octanol–water partition coefficient (Wildman–Crippen LogP) is 2.98. The van der Waals surface area contributed by atoms with Gasteiger partial charge < -0.3 is 14.8 Å². The number of hydrogen-bond acceptors (Lipinski definition) is 5. The van der Waals surface area contributed by atoms with E-state index in [2.05, 4.69) is 5.32 Å². The van der Waals surface area contributed by atoms with Crippen molar-refractivity contribution < 1.29 is 19.1 Å². The molecule has 0 saturated carbocycles. The maximum atomic E-state index is 12.1. The standard InChI is InChI=1S/C18H24ClNO4/c1-3-23-16(21)9-11-20-18(12-17(22)24-4-2)10-8-13-14(18)6-5-7-15(13)19/h5-7,20H,3-4,8-12H2,1-2H3/t18-/m0/s1. The Balaban J connectivity index is 2.17. The fourth-order valence-corrected chi connectivity index (χ4v) is 3.53. The van der Waals surface area contributed by atoms with E-state index >= 15 is 0 Å². The van der Waals surface area contributed by atoms with Gasteiger partial charge in [0.25, 0.3) is 0 Å². The van der Waals surface area contributed by atoms with Crippen LogP contribution in [-0.4, -0.2) is 31.7 Å². The summed E-state index contributed by atoms with van der Waals surface area (Å²) in [4.78, 5) is 23.7. The van der Waals surface area contributed by atoms with Gasteiger partial charge in [0.05, 0.1) is 31.6 Å². The molecule has 0 radical (unpaired) electrons. The van der Waals surface area contributed by atoms with Gasteiger partial charge in [-0.25, -0.2) is 0 Å². The minimum Gasteiger partial charge on any atom is -0.466 e. The molecular weight excluding hydrogens is 330 g/mol. The first-order valence-electron chi connectivity index (χ1n) is 8.36. The molecule has 1 atom stereocenters. The number of carbonyl (C=O) groups is 2. The van der Waals surface area contributed by atoms with Crippen LogP contribution in [-0.2, 0) is 31.0 Å². The van der Waals surface area contributed by atoms with Gasteiger partial charge in [-0.05, 0) is 43.9 Å².